The van der Waals surface area contributed by atoms with Crippen molar-refractivity contribution in [3.8, 4) is 6.07 Å². The van der Waals surface area contributed by atoms with Crippen molar-refractivity contribution in [1.82, 2.24) is 0 Å². The van der Waals surface area contributed by atoms with Crippen molar-refractivity contribution in [1.29, 1.82) is 5.26 Å². The van der Waals surface area contributed by atoms with Crippen LogP contribution in [-0.4, -0.2) is 5.60 Å². The third-order valence-corrected chi connectivity index (χ3v) is 5.90. The summed E-state index contributed by atoms with van der Waals surface area (Å²) in [7, 11) is 0. The molecule has 4 rings (SSSR count). The van der Waals surface area contributed by atoms with E-state index in [1.54, 1.807) is 0 Å². The van der Waals surface area contributed by atoms with Gasteiger partial charge in [-0.25, -0.2) is 0 Å². The predicted molar refractivity (Wildman–Crippen MR) is 59.2 cm³/mol. The molecule has 4 aliphatic carbocycles. The van der Waals surface area contributed by atoms with Gasteiger partial charge < -0.3 is 5.11 Å². The van der Waals surface area contributed by atoms with Crippen LogP contribution in [0.3, 0.4) is 0 Å². The molecule has 3 heteroatoms. The fraction of sp³-hybridized carbons (Fsp3) is 0.929. The van der Waals surface area contributed by atoms with Crippen LogP contribution in [0, 0.1) is 34.0 Å². The molecular formula is C14H20KNO. The van der Waals surface area contributed by atoms with Crippen molar-refractivity contribution >= 4 is 0 Å². The Hall–Kier alpha value is 1.09. The number of nitrogens with zero attached hydrogens (tertiary/aromatic N) is 1. The first-order valence-corrected chi connectivity index (χ1v) is 6.50. The van der Waals surface area contributed by atoms with Gasteiger partial charge in [0, 0.05) is 6.42 Å². The van der Waals surface area contributed by atoms with Gasteiger partial charge in [0.2, 0.25) is 0 Å². The van der Waals surface area contributed by atoms with Crippen molar-refractivity contribution < 1.29 is 56.5 Å². The van der Waals surface area contributed by atoms with Crippen molar-refractivity contribution in [2.45, 2.75) is 58.0 Å². The topological polar surface area (TPSA) is 46.8 Å². The summed E-state index contributed by atoms with van der Waals surface area (Å²) >= 11 is 0. The van der Waals surface area contributed by atoms with Crippen LogP contribution < -0.4 is 56.5 Å². The van der Waals surface area contributed by atoms with E-state index >= 15 is 0 Å². The molecular weight excluding hydrogens is 237 g/mol. The normalized spacial score (nSPS) is 55.2. The fourth-order valence-corrected chi connectivity index (χ4v) is 5.59. The minimum absolute atomic E-state index is 0. The minimum Gasteiger partial charge on any atom is -0.848 e. The summed E-state index contributed by atoms with van der Waals surface area (Å²) < 4.78 is 0. The summed E-state index contributed by atoms with van der Waals surface area (Å²) in [6.45, 7) is 4.32. The Bertz CT molecular complexity index is 337. The molecule has 4 bridgehead atoms. The molecule has 0 saturated heterocycles. The summed E-state index contributed by atoms with van der Waals surface area (Å²) in [4.78, 5) is 0. The van der Waals surface area contributed by atoms with Crippen LogP contribution in [0.25, 0.3) is 0 Å². The average Bonchev–Trinajstić information content (AvgIpc) is 2.13. The molecule has 0 amide bonds. The first-order valence-electron chi connectivity index (χ1n) is 6.50. The molecule has 4 fully saturated rings. The van der Waals surface area contributed by atoms with E-state index in [1.165, 1.54) is 6.42 Å². The predicted octanol–water partition coefficient (Wildman–Crippen LogP) is -0.761. The minimum atomic E-state index is -0.984. The third kappa shape index (κ3) is 1.75. The second-order valence-electron chi connectivity index (χ2n) is 7.07. The molecule has 4 aliphatic rings. The van der Waals surface area contributed by atoms with E-state index in [4.69, 9.17) is 5.26 Å². The van der Waals surface area contributed by atoms with E-state index in [0.717, 1.165) is 37.5 Å². The monoisotopic (exact) mass is 257 g/mol. The van der Waals surface area contributed by atoms with E-state index in [0.29, 0.717) is 0 Å². The van der Waals surface area contributed by atoms with Crippen LogP contribution in [0.5, 0.6) is 0 Å². The standard InChI is InChI=1S/C14H20NO.K/c1-12-6-10-5-11(7-12)9-13(2,8-10)14(12,16)3-4-15;/h10-11H,3,5-9H2,1-2H3;/q-1;+1. The van der Waals surface area contributed by atoms with Crippen molar-refractivity contribution in [2.75, 3.05) is 0 Å². The van der Waals surface area contributed by atoms with Crippen LogP contribution in [0.4, 0.5) is 0 Å². The zero-order valence-corrected chi connectivity index (χ0v) is 14.4. The smallest absolute Gasteiger partial charge is 0.848 e. The second kappa shape index (κ2) is 4.29. The molecule has 0 aromatic rings. The Kier molecular flexibility index (Phi) is 3.66. The van der Waals surface area contributed by atoms with E-state index in [2.05, 4.69) is 19.9 Å². The Labute approximate surface area is 147 Å². The molecule has 2 nitrogen and oxygen atoms in total. The quantitative estimate of drug-likeness (QED) is 0.580. The van der Waals surface area contributed by atoms with Crippen LogP contribution in [0.1, 0.15) is 52.4 Å². The molecule has 0 unspecified atom stereocenters. The summed E-state index contributed by atoms with van der Waals surface area (Å²) in [6, 6.07) is 2.17. The van der Waals surface area contributed by atoms with Gasteiger partial charge in [-0.05, 0) is 54.8 Å². The van der Waals surface area contributed by atoms with Crippen LogP contribution in [0.15, 0.2) is 0 Å². The molecule has 88 valence electrons. The van der Waals surface area contributed by atoms with Gasteiger partial charge in [0.1, 0.15) is 0 Å². The molecule has 4 saturated carbocycles. The maximum Gasteiger partial charge on any atom is 1.00 e. The first kappa shape index (κ1) is 14.5. The molecule has 0 aromatic carbocycles. The molecule has 0 spiro atoms. The second-order valence-corrected chi connectivity index (χ2v) is 7.07. The van der Waals surface area contributed by atoms with E-state index < -0.39 is 5.60 Å². The van der Waals surface area contributed by atoms with Gasteiger partial charge in [0.25, 0.3) is 0 Å². The zero-order chi connectivity index (χ0) is 11.6. The molecule has 0 atom stereocenters. The van der Waals surface area contributed by atoms with Crippen molar-refractivity contribution in [3.05, 3.63) is 0 Å². The molecule has 0 aliphatic heterocycles. The Morgan fingerprint density at radius 3 is 1.88 bits per heavy atom. The maximum absolute atomic E-state index is 13.3. The summed E-state index contributed by atoms with van der Waals surface area (Å²) in [5.41, 5.74) is -1.20. The summed E-state index contributed by atoms with van der Waals surface area (Å²) in [5.74, 6) is 1.53. The van der Waals surface area contributed by atoms with Crippen LogP contribution in [-0.2, 0) is 0 Å². The van der Waals surface area contributed by atoms with Crippen molar-refractivity contribution in [2.24, 2.45) is 22.7 Å². The van der Waals surface area contributed by atoms with E-state index in [1.807, 2.05) is 0 Å². The summed E-state index contributed by atoms with van der Waals surface area (Å²) in [6.07, 6.45) is 5.84. The number of hydrogen-bond acceptors (Lipinski definition) is 2. The Morgan fingerprint density at radius 2 is 1.53 bits per heavy atom. The third-order valence-electron chi connectivity index (χ3n) is 5.90. The Balaban J connectivity index is 0.00000108. The van der Waals surface area contributed by atoms with Gasteiger partial charge in [-0.2, -0.15) is 5.26 Å². The average molecular weight is 257 g/mol. The first-order chi connectivity index (χ1) is 7.42. The molecule has 17 heavy (non-hydrogen) atoms. The largest absolute Gasteiger partial charge is 1.00 e. The molecule has 0 N–H and O–H groups in total. The zero-order valence-electron chi connectivity index (χ0n) is 11.3. The van der Waals surface area contributed by atoms with Crippen molar-refractivity contribution in [3.63, 3.8) is 0 Å². The SMILES string of the molecule is CC12CC3CC(C1)CC(C)(C3)C2([O-])CC#N.[K+]. The van der Waals surface area contributed by atoms with Gasteiger partial charge >= 0.3 is 51.4 Å². The molecule has 0 radical (unpaired) electrons. The fourth-order valence-electron chi connectivity index (χ4n) is 5.59. The van der Waals surface area contributed by atoms with Crippen LogP contribution >= 0.6 is 0 Å². The Morgan fingerprint density at radius 1 is 1.12 bits per heavy atom. The molecule has 0 heterocycles. The van der Waals surface area contributed by atoms with Gasteiger partial charge in [-0.3, -0.25) is 0 Å². The van der Waals surface area contributed by atoms with Gasteiger partial charge in [0.15, 0.2) is 0 Å². The van der Waals surface area contributed by atoms with Crippen LogP contribution in [0.2, 0.25) is 0 Å². The molecule has 0 aromatic heterocycles. The van der Waals surface area contributed by atoms with E-state index in [9.17, 15) is 5.11 Å². The maximum atomic E-state index is 13.3. The van der Waals surface area contributed by atoms with Gasteiger partial charge in [-0.15, -0.1) is 0 Å². The number of hydrogen-bond donors (Lipinski definition) is 0. The van der Waals surface area contributed by atoms with Gasteiger partial charge in [0.05, 0.1) is 6.07 Å². The van der Waals surface area contributed by atoms with E-state index in [-0.39, 0.29) is 68.6 Å². The number of nitriles is 1. The summed E-state index contributed by atoms with van der Waals surface area (Å²) in [5, 5.41) is 22.2. The van der Waals surface area contributed by atoms with Gasteiger partial charge in [-0.1, -0.05) is 19.4 Å². The number of rotatable bonds is 1.